The van der Waals surface area contributed by atoms with Crippen LogP contribution in [-0.4, -0.2) is 37.1 Å². The number of carbonyl (C=O) groups excluding carboxylic acids is 1. The van der Waals surface area contributed by atoms with Crippen molar-refractivity contribution in [3.8, 4) is 0 Å². The zero-order valence-corrected chi connectivity index (χ0v) is 16.1. The third kappa shape index (κ3) is 4.26. The van der Waals surface area contributed by atoms with Crippen LogP contribution in [0.2, 0.25) is 5.02 Å². The van der Waals surface area contributed by atoms with Crippen molar-refractivity contribution in [3.05, 3.63) is 83.5 Å². The first kappa shape index (κ1) is 18.3. The molecule has 1 fully saturated rings. The number of nitrogens with zero attached hydrogens (tertiary/aromatic N) is 3. The van der Waals surface area contributed by atoms with Gasteiger partial charge in [-0.1, -0.05) is 35.9 Å². The Kier molecular flexibility index (Phi) is 5.44. The number of benzene rings is 2. The lowest BCUT2D eigenvalue weighted by atomic mass is 10.2. The Morgan fingerprint density at radius 3 is 2.21 bits per heavy atom. The molecule has 28 heavy (non-hydrogen) atoms. The minimum Gasteiger partial charge on any atom is -0.368 e. The molecule has 1 aliphatic heterocycles. The van der Waals surface area contributed by atoms with Crippen molar-refractivity contribution in [2.75, 3.05) is 41.3 Å². The average Bonchev–Trinajstić information content (AvgIpc) is 2.75. The van der Waals surface area contributed by atoms with E-state index in [9.17, 15) is 4.79 Å². The maximum absolute atomic E-state index is 12.3. The van der Waals surface area contributed by atoms with Gasteiger partial charge < -0.3 is 15.1 Å². The number of amides is 1. The summed E-state index contributed by atoms with van der Waals surface area (Å²) in [5, 5.41) is 3.34. The standard InChI is InChI=1S/C22H21ClN4O/c23-18-6-4-5-17(15-18)22(28)25-21-10-9-20(16-24-21)27-13-11-26(12-14-27)19-7-2-1-3-8-19/h1-10,15-16H,11-14H2,(H,24,25,28). The summed E-state index contributed by atoms with van der Waals surface area (Å²) in [6.45, 7) is 3.81. The molecule has 1 amide bonds. The van der Waals surface area contributed by atoms with E-state index >= 15 is 0 Å². The number of pyridine rings is 1. The van der Waals surface area contributed by atoms with Gasteiger partial charge in [-0.3, -0.25) is 4.79 Å². The Balaban J connectivity index is 1.35. The van der Waals surface area contributed by atoms with Crippen LogP contribution >= 0.6 is 11.6 Å². The molecule has 5 nitrogen and oxygen atoms in total. The van der Waals surface area contributed by atoms with Crippen LogP contribution < -0.4 is 15.1 Å². The van der Waals surface area contributed by atoms with Gasteiger partial charge in [-0.05, 0) is 42.5 Å². The number of anilines is 3. The number of rotatable bonds is 4. The molecule has 0 bridgehead atoms. The van der Waals surface area contributed by atoms with Gasteiger partial charge in [-0.25, -0.2) is 4.98 Å². The third-order valence-electron chi connectivity index (χ3n) is 4.84. The smallest absolute Gasteiger partial charge is 0.256 e. The van der Waals surface area contributed by atoms with Crippen molar-refractivity contribution < 1.29 is 4.79 Å². The molecular weight excluding hydrogens is 372 g/mol. The van der Waals surface area contributed by atoms with Gasteiger partial charge in [-0.2, -0.15) is 0 Å². The monoisotopic (exact) mass is 392 g/mol. The van der Waals surface area contributed by atoms with Crippen LogP contribution in [0, 0.1) is 0 Å². The van der Waals surface area contributed by atoms with E-state index in [0.717, 1.165) is 31.9 Å². The summed E-state index contributed by atoms with van der Waals surface area (Å²) in [4.78, 5) is 21.4. The van der Waals surface area contributed by atoms with Gasteiger partial charge in [0.05, 0.1) is 11.9 Å². The molecule has 6 heteroatoms. The van der Waals surface area contributed by atoms with E-state index in [2.05, 4.69) is 44.4 Å². The molecule has 0 spiro atoms. The van der Waals surface area contributed by atoms with Crippen LogP contribution in [0.1, 0.15) is 10.4 Å². The number of para-hydroxylation sites is 1. The lowest BCUT2D eigenvalue weighted by molar-refractivity contribution is 0.102. The highest BCUT2D eigenvalue weighted by atomic mass is 35.5. The molecule has 1 aromatic heterocycles. The van der Waals surface area contributed by atoms with Crippen LogP contribution in [0.25, 0.3) is 0 Å². The van der Waals surface area contributed by atoms with Crippen molar-refractivity contribution in [1.29, 1.82) is 0 Å². The second kappa shape index (κ2) is 8.31. The molecule has 4 rings (SSSR count). The number of piperazine rings is 1. The van der Waals surface area contributed by atoms with E-state index in [0.29, 0.717) is 16.4 Å². The summed E-state index contributed by atoms with van der Waals surface area (Å²) >= 11 is 5.94. The fourth-order valence-electron chi connectivity index (χ4n) is 3.33. The second-order valence-electron chi connectivity index (χ2n) is 6.68. The second-order valence-corrected chi connectivity index (χ2v) is 7.11. The SMILES string of the molecule is O=C(Nc1ccc(N2CCN(c3ccccc3)CC2)cn1)c1cccc(Cl)c1. The molecule has 1 saturated heterocycles. The lowest BCUT2D eigenvalue weighted by Gasteiger charge is -2.37. The van der Waals surface area contributed by atoms with Gasteiger partial charge >= 0.3 is 0 Å². The Bertz CT molecular complexity index is 938. The molecule has 2 heterocycles. The van der Waals surface area contributed by atoms with Crippen LogP contribution in [0.4, 0.5) is 17.2 Å². The predicted molar refractivity (Wildman–Crippen MR) is 115 cm³/mol. The van der Waals surface area contributed by atoms with Crippen LogP contribution in [-0.2, 0) is 0 Å². The highest BCUT2D eigenvalue weighted by molar-refractivity contribution is 6.31. The summed E-state index contributed by atoms with van der Waals surface area (Å²) in [7, 11) is 0. The summed E-state index contributed by atoms with van der Waals surface area (Å²) in [6.07, 6.45) is 1.81. The molecule has 0 atom stereocenters. The number of hydrogen-bond donors (Lipinski definition) is 1. The van der Waals surface area contributed by atoms with Crippen molar-refractivity contribution in [2.45, 2.75) is 0 Å². The summed E-state index contributed by atoms with van der Waals surface area (Å²) in [5.41, 5.74) is 2.84. The Labute approximate surface area is 169 Å². The van der Waals surface area contributed by atoms with Gasteiger partial charge in [0.2, 0.25) is 0 Å². The Morgan fingerprint density at radius 2 is 1.57 bits per heavy atom. The zero-order chi connectivity index (χ0) is 19.3. The predicted octanol–water partition coefficient (Wildman–Crippen LogP) is 4.31. The number of carbonyl (C=O) groups is 1. The van der Waals surface area contributed by atoms with Crippen molar-refractivity contribution in [1.82, 2.24) is 4.98 Å². The third-order valence-corrected chi connectivity index (χ3v) is 5.08. The molecule has 0 radical (unpaired) electrons. The minimum absolute atomic E-state index is 0.223. The number of aromatic nitrogens is 1. The summed E-state index contributed by atoms with van der Waals surface area (Å²) in [6, 6.07) is 21.2. The highest BCUT2D eigenvalue weighted by Crippen LogP contribution is 2.21. The van der Waals surface area contributed by atoms with Crippen molar-refractivity contribution in [3.63, 3.8) is 0 Å². The van der Waals surface area contributed by atoms with E-state index in [1.165, 1.54) is 5.69 Å². The fourth-order valence-corrected chi connectivity index (χ4v) is 3.52. The quantitative estimate of drug-likeness (QED) is 0.718. The molecule has 0 unspecified atom stereocenters. The van der Waals surface area contributed by atoms with E-state index in [1.807, 2.05) is 24.4 Å². The summed E-state index contributed by atoms with van der Waals surface area (Å²) < 4.78 is 0. The Morgan fingerprint density at radius 1 is 0.857 bits per heavy atom. The van der Waals surface area contributed by atoms with Crippen molar-refractivity contribution >= 4 is 34.7 Å². The van der Waals surface area contributed by atoms with E-state index < -0.39 is 0 Å². The summed E-state index contributed by atoms with van der Waals surface area (Å²) in [5.74, 6) is 0.302. The topological polar surface area (TPSA) is 48.5 Å². The van der Waals surface area contributed by atoms with Gasteiger partial charge in [0, 0.05) is 42.5 Å². The Hall–Kier alpha value is -3.05. The molecule has 2 aromatic carbocycles. The van der Waals surface area contributed by atoms with E-state index in [4.69, 9.17) is 11.6 Å². The molecule has 142 valence electrons. The first-order chi connectivity index (χ1) is 13.7. The van der Waals surface area contributed by atoms with E-state index in [-0.39, 0.29) is 5.91 Å². The number of halogens is 1. The molecule has 0 aliphatic carbocycles. The van der Waals surface area contributed by atoms with Gasteiger partial charge in [0.1, 0.15) is 5.82 Å². The van der Waals surface area contributed by atoms with Gasteiger partial charge in [0.15, 0.2) is 0 Å². The number of nitrogens with one attached hydrogen (secondary N) is 1. The van der Waals surface area contributed by atoms with Crippen molar-refractivity contribution in [2.24, 2.45) is 0 Å². The molecule has 0 saturated carbocycles. The van der Waals surface area contributed by atoms with Crippen LogP contribution in [0.15, 0.2) is 72.9 Å². The maximum Gasteiger partial charge on any atom is 0.256 e. The molecule has 1 N–H and O–H groups in total. The van der Waals surface area contributed by atoms with E-state index in [1.54, 1.807) is 24.3 Å². The average molecular weight is 393 g/mol. The van der Waals surface area contributed by atoms with Crippen LogP contribution in [0.5, 0.6) is 0 Å². The first-order valence-corrected chi connectivity index (χ1v) is 9.65. The number of hydrogen-bond acceptors (Lipinski definition) is 4. The first-order valence-electron chi connectivity index (χ1n) is 9.27. The van der Waals surface area contributed by atoms with Gasteiger partial charge in [0.25, 0.3) is 5.91 Å². The fraction of sp³-hybridized carbons (Fsp3) is 0.182. The molecule has 3 aromatic rings. The zero-order valence-electron chi connectivity index (χ0n) is 15.4. The minimum atomic E-state index is -0.223. The van der Waals surface area contributed by atoms with Crippen LogP contribution in [0.3, 0.4) is 0 Å². The largest absolute Gasteiger partial charge is 0.368 e. The van der Waals surface area contributed by atoms with Gasteiger partial charge in [-0.15, -0.1) is 0 Å². The molecular formula is C22H21ClN4O. The molecule has 1 aliphatic rings. The lowest BCUT2D eigenvalue weighted by Crippen LogP contribution is -2.46. The normalized spacial score (nSPS) is 14.0. The highest BCUT2D eigenvalue weighted by Gasteiger charge is 2.17. The maximum atomic E-state index is 12.3.